The second-order valence-corrected chi connectivity index (χ2v) is 6.48. The average Bonchev–Trinajstić information content (AvgIpc) is 3.13. The van der Waals surface area contributed by atoms with Crippen LogP contribution >= 0.6 is 0 Å². The highest BCUT2D eigenvalue weighted by Crippen LogP contribution is 2.21. The summed E-state index contributed by atoms with van der Waals surface area (Å²) in [5.41, 5.74) is 3.33. The molecule has 25 heavy (non-hydrogen) atoms. The van der Waals surface area contributed by atoms with Gasteiger partial charge in [-0.25, -0.2) is 0 Å². The van der Waals surface area contributed by atoms with Crippen molar-refractivity contribution in [2.24, 2.45) is 0 Å². The van der Waals surface area contributed by atoms with Crippen molar-refractivity contribution < 1.29 is 9.32 Å². The van der Waals surface area contributed by atoms with Crippen LogP contribution in [0.15, 0.2) is 40.4 Å². The molecule has 1 aromatic carbocycles. The highest BCUT2D eigenvalue weighted by molar-refractivity contribution is 5.89. The van der Waals surface area contributed by atoms with Crippen LogP contribution in [0.2, 0.25) is 0 Å². The van der Waals surface area contributed by atoms with E-state index in [0.717, 1.165) is 30.5 Å². The first-order valence-electron chi connectivity index (χ1n) is 8.71. The fourth-order valence-corrected chi connectivity index (χ4v) is 2.89. The van der Waals surface area contributed by atoms with Gasteiger partial charge in [0.15, 0.2) is 0 Å². The number of hydrogen-bond donors (Lipinski definition) is 1. The van der Waals surface area contributed by atoms with Gasteiger partial charge in [-0.15, -0.1) is 0 Å². The summed E-state index contributed by atoms with van der Waals surface area (Å²) in [4.78, 5) is 18.4. The van der Waals surface area contributed by atoms with Crippen molar-refractivity contribution in [1.82, 2.24) is 15.5 Å². The number of benzene rings is 1. The molecule has 132 valence electrons. The van der Waals surface area contributed by atoms with Gasteiger partial charge in [0.2, 0.25) is 5.82 Å². The average molecular weight is 340 g/mol. The first-order valence-corrected chi connectivity index (χ1v) is 8.71. The number of hydrogen-bond acceptors (Lipinski definition) is 5. The predicted octanol–water partition coefficient (Wildman–Crippen LogP) is 3.42. The minimum absolute atomic E-state index is 0.00399. The Kier molecular flexibility index (Phi) is 5.48. The van der Waals surface area contributed by atoms with Crippen LogP contribution in [-0.2, 0) is 0 Å². The molecule has 2 aromatic rings. The van der Waals surface area contributed by atoms with Crippen LogP contribution in [0.25, 0.3) is 11.4 Å². The largest absolute Gasteiger partial charge is 0.378 e. The molecule has 0 radical (unpaired) electrons. The van der Waals surface area contributed by atoms with Crippen molar-refractivity contribution in [2.75, 3.05) is 25.5 Å². The number of nitrogens with one attached hydrogen (secondary N) is 1. The van der Waals surface area contributed by atoms with Crippen LogP contribution in [0.1, 0.15) is 42.8 Å². The topological polar surface area (TPSA) is 71.3 Å². The summed E-state index contributed by atoms with van der Waals surface area (Å²) in [5, 5.41) is 6.76. The van der Waals surface area contributed by atoms with E-state index < -0.39 is 0 Å². The van der Waals surface area contributed by atoms with Crippen molar-refractivity contribution in [3.8, 4) is 11.4 Å². The van der Waals surface area contributed by atoms with Crippen molar-refractivity contribution in [3.63, 3.8) is 0 Å². The molecular formula is C19H24N4O2. The van der Waals surface area contributed by atoms with Gasteiger partial charge in [-0.1, -0.05) is 16.8 Å². The molecule has 6 heteroatoms. The summed E-state index contributed by atoms with van der Waals surface area (Å²) >= 11 is 0. The van der Waals surface area contributed by atoms with Gasteiger partial charge in [0, 0.05) is 31.9 Å². The highest BCUT2D eigenvalue weighted by atomic mass is 16.5. The molecule has 1 aromatic heterocycles. The molecule has 0 saturated carbocycles. The fraction of sp³-hybridized carbons (Fsp3) is 0.421. The molecule has 1 N–H and O–H groups in total. The van der Waals surface area contributed by atoms with Gasteiger partial charge < -0.3 is 14.7 Å². The van der Waals surface area contributed by atoms with Crippen LogP contribution in [0.3, 0.4) is 0 Å². The lowest BCUT2D eigenvalue weighted by molar-refractivity contribution is 0.0910. The Morgan fingerprint density at radius 1 is 1.24 bits per heavy atom. The maximum Gasteiger partial charge on any atom is 0.316 e. The van der Waals surface area contributed by atoms with E-state index in [1.54, 1.807) is 0 Å². The van der Waals surface area contributed by atoms with E-state index in [2.05, 4.69) is 21.5 Å². The second kappa shape index (κ2) is 7.96. The summed E-state index contributed by atoms with van der Waals surface area (Å²) in [7, 11) is 3.96. The second-order valence-electron chi connectivity index (χ2n) is 6.48. The molecule has 3 rings (SSSR count). The third-order valence-corrected chi connectivity index (χ3v) is 4.38. The number of nitrogens with zero attached hydrogens (tertiary/aromatic N) is 3. The Morgan fingerprint density at radius 2 is 2.04 bits per heavy atom. The summed E-state index contributed by atoms with van der Waals surface area (Å²) < 4.78 is 5.10. The molecular weight excluding hydrogens is 316 g/mol. The Bertz CT molecular complexity index is 747. The van der Waals surface area contributed by atoms with Gasteiger partial charge in [-0.05, 0) is 56.4 Å². The van der Waals surface area contributed by atoms with E-state index in [9.17, 15) is 4.79 Å². The molecule has 0 saturated heterocycles. The fourth-order valence-electron chi connectivity index (χ4n) is 2.89. The summed E-state index contributed by atoms with van der Waals surface area (Å²) in [6.07, 6.45) is 8.00. The molecule has 0 bridgehead atoms. The number of carbonyl (C=O) groups is 1. The summed E-state index contributed by atoms with van der Waals surface area (Å²) in [5.74, 6) is 0.106. The summed E-state index contributed by atoms with van der Waals surface area (Å²) in [6.45, 7) is 0.597. The summed E-state index contributed by atoms with van der Waals surface area (Å²) in [6, 6.07) is 7.78. The van der Waals surface area contributed by atoms with E-state index in [-0.39, 0.29) is 11.8 Å². The lowest BCUT2D eigenvalue weighted by Gasteiger charge is -2.12. The maximum atomic E-state index is 12.1. The number of anilines is 1. The minimum atomic E-state index is -0.319. The van der Waals surface area contributed by atoms with Crippen LogP contribution < -0.4 is 10.2 Å². The SMILES string of the molecule is CN(C)c1ccc(-c2noc(C(=O)NCCC3=CCCCC3)n2)cc1. The molecule has 0 aliphatic heterocycles. The maximum absolute atomic E-state index is 12.1. The van der Waals surface area contributed by atoms with Crippen LogP contribution in [0.5, 0.6) is 0 Å². The molecule has 6 nitrogen and oxygen atoms in total. The lowest BCUT2D eigenvalue weighted by Crippen LogP contribution is -2.25. The quantitative estimate of drug-likeness (QED) is 0.816. The van der Waals surface area contributed by atoms with Crippen LogP contribution in [-0.4, -0.2) is 36.7 Å². The Balaban J connectivity index is 1.56. The smallest absolute Gasteiger partial charge is 0.316 e. The molecule has 0 spiro atoms. The van der Waals surface area contributed by atoms with Crippen molar-refractivity contribution >= 4 is 11.6 Å². The van der Waals surface area contributed by atoms with Gasteiger partial charge in [-0.2, -0.15) is 4.98 Å². The van der Waals surface area contributed by atoms with Gasteiger partial charge in [0.1, 0.15) is 0 Å². The highest BCUT2D eigenvalue weighted by Gasteiger charge is 2.16. The van der Waals surface area contributed by atoms with E-state index in [4.69, 9.17) is 4.52 Å². The third kappa shape index (κ3) is 4.47. The molecule has 1 heterocycles. The first-order chi connectivity index (χ1) is 12.1. The molecule has 1 aliphatic rings. The minimum Gasteiger partial charge on any atom is -0.378 e. The zero-order valence-corrected chi connectivity index (χ0v) is 14.8. The lowest BCUT2D eigenvalue weighted by atomic mass is 9.97. The van der Waals surface area contributed by atoms with Gasteiger partial charge in [0.25, 0.3) is 0 Å². The molecule has 0 atom stereocenters. The Morgan fingerprint density at radius 3 is 2.72 bits per heavy atom. The van der Waals surface area contributed by atoms with E-state index in [1.807, 2.05) is 43.3 Å². The van der Waals surface area contributed by atoms with Gasteiger partial charge in [0.05, 0.1) is 0 Å². The van der Waals surface area contributed by atoms with Crippen LogP contribution in [0.4, 0.5) is 5.69 Å². The van der Waals surface area contributed by atoms with E-state index in [0.29, 0.717) is 12.4 Å². The molecule has 0 unspecified atom stereocenters. The zero-order valence-electron chi connectivity index (χ0n) is 14.8. The third-order valence-electron chi connectivity index (χ3n) is 4.38. The predicted molar refractivity (Wildman–Crippen MR) is 97.6 cm³/mol. The number of amides is 1. The molecule has 1 amide bonds. The Hall–Kier alpha value is -2.63. The standard InChI is InChI=1S/C19H24N4O2/c1-23(2)16-10-8-15(9-11-16)17-21-19(25-22-17)18(24)20-13-12-14-6-4-3-5-7-14/h6,8-11H,3-5,7,12-13H2,1-2H3,(H,20,24). The number of rotatable bonds is 6. The van der Waals surface area contributed by atoms with Crippen molar-refractivity contribution in [1.29, 1.82) is 0 Å². The molecule has 0 fully saturated rings. The van der Waals surface area contributed by atoms with Crippen molar-refractivity contribution in [2.45, 2.75) is 32.1 Å². The van der Waals surface area contributed by atoms with E-state index in [1.165, 1.54) is 18.4 Å². The van der Waals surface area contributed by atoms with Crippen molar-refractivity contribution in [3.05, 3.63) is 41.8 Å². The van der Waals surface area contributed by atoms with E-state index >= 15 is 0 Å². The zero-order chi connectivity index (χ0) is 17.6. The number of allylic oxidation sites excluding steroid dienone is 1. The Labute approximate surface area is 147 Å². The molecule has 1 aliphatic carbocycles. The van der Waals surface area contributed by atoms with Gasteiger partial charge in [-0.3, -0.25) is 4.79 Å². The number of aromatic nitrogens is 2. The first kappa shape index (κ1) is 17.2. The normalized spacial score (nSPS) is 14.1. The van der Waals surface area contributed by atoms with Gasteiger partial charge >= 0.3 is 11.8 Å². The number of carbonyl (C=O) groups excluding carboxylic acids is 1. The monoisotopic (exact) mass is 340 g/mol. The van der Waals surface area contributed by atoms with Crippen LogP contribution in [0, 0.1) is 0 Å².